The molecule has 22 heavy (non-hydrogen) atoms. The lowest BCUT2D eigenvalue weighted by Gasteiger charge is -2.19. The maximum atomic E-state index is 11.2. The lowest BCUT2D eigenvalue weighted by Crippen LogP contribution is -2.20. The maximum Gasteiger partial charge on any atom is 0.214 e. The first-order valence-corrected chi connectivity index (χ1v) is 8.47. The van der Waals surface area contributed by atoms with Crippen molar-refractivity contribution >= 4 is 23.9 Å². The molecule has 1 aliphatic rings. The van der Waals surface area contributed by atoms with Crippen LogP contribution in [0.2, 0.25) is 0 Å². The average Bonchev–Trinajstić information content (AvgIpc) is 2.98. The Morgan fingerprint density at radius 1 is 1.23 bits per heavy atom. The molecule has 4 heteroatoms. The summed E-state index contributed by atoms with van der Waals surface area (Å²) in [7, 11) is 0. The molecule has 114 valence electrons. The van der Waals surface area contributed by atoms with Crippen molar-refractivity contribution in [2.75, 3.05) is 23.8 Å². The van der Waals surface area contributed by atoms with E-state index in [0.29, 0.717) is 12.5 Å². The highest BCUT2D eigenvalue weighted by Gasteiger charge is 2.24. The lowest BCUT2D eigenvalue weighted by molar-refractivity contribution is -0.107. The Morgan fingerprint density at radius 3 is 2.82 bits per heavy atom. The van der Waals surface area contributed by atoms with E-state index < -0.39 is 0 Å². The van der Waals surface area contributed by atoms with E-state index in [2.05, 4.69) is 18.2 Å². The van der Waals surface area contributed by atoms with Crippen LogP contribution in [0.25, 0.3) is 0 Å². The van der Waals surface area contributed by atoms with Crippen LogP contribution in [0.15, 0.2) is 53.4 Å². The van der Waals surface area contributed by atoms with Gasteiger partial charge in [-0.25, -0.2) is 0 Å². The number of benzene rings is 2. The SMILES string of the molecule is CCN(C=O)c1ccccc1SCC1COc2ccccc21. The Balaban J connectivity index is 1.74. The number of fused-ring (bicyclic) bond motifs is 1. The fourth-order valence-electron chi connectivity index (χ4n) is 2.68. The molecule has 2 aromatic rings. The van der Waals surface area contributed by atoms with E-state index in [1.54, 1.807) is 16.7 Å². The molecule has 0 bridgehead atoms. The Bertz CT molecular complexity index is 659. The second-order valence-electron chi connectivity index (χ2n) is 5.22. The van der Waals surface area contributed by atoms with Crippen LogP contribution in [-0.4, -0.2) is 25.3 Å². The Hall–Kier alpha value is -1.94. The lowest BCUT2D eigenvalue weighted by atomic mass is 10.0. The van der Waals surface area contributed by atoms with Crippen LogP contribution in [0.4, 0.5) is 5.69 Å². The number of anilines is 1. The molecule has 1 aliphatic heterocycles. The second-order valence-corrected chi connectivity index (χ2v) is 6.28. The summed E-state index contributed by atoms with van der Waals surface area (Å²) in [5, 5.41) is 0. The quantitative estimate of drug-likeness (QED) is 0.597. The van der Waals surface area contributed by atoms with Crippen LogP contribution in [0, 0.1) is 0 Å². The van der Waals surface area contributed by atoms with Crippen LogP contribution < -0.4 is 9.64 Å². The van der Waals surface area contributed by atoms with Crippen molar-refractivity contribution in [2.45, 2.75) is 17.7 Å². The van der Waals surface area contributed by atoms with Crippen molar-refractivity contribution in [3.8, 4) is 5.75 Å². The summed E-state index contributed by atoms with van der Waals surface area (Å²) >= 11 is 1.79. The molecule has 1 atom stereocenters. The van der Waals surface area contributed by atoms with Crippen LogP contribution in [0.1, 0.15) is 18.4 Å². The van der Waals surface area contributed by atoms with Crippen molar-refractivity contribution in [1.82, 2.24) is 0 Å². The number of carbonyl (C=O) groups excluding carboxylic acids is 1. The molecule has 0 N–H and O–H groups in total. The van der Waals surface area contributed by atoms with Gasteiger partial charge in [0.1, 0.15) is 5.75 Å². The minimum absolute atomic E-state index is 0.403. The number of amides is 1. The van der Waals surface area contributed by atoms with Crippen molar-refractivity contribution in [1.29, 1.82) is 0 Å². The largest absolute Gasteiger partial charge is 0.493 e. The fraction of sp³-hybridized carbons (Fsp3) is 0.278. The van der Waals surface area contributed by atoms with Crippen molar-refractivity contribution in [2.24, 2.45) is 0 Å². The molecule has 0 fully saturated rings. The predicted octanol–water partition coefficient (Wildman–Crippen LogP) is 3.94. The van der Waals surface area contributed by atoms with Gasteiger partial charge in [-0.2, -0.15) is 0 Å². The number of hydrogen-bond acceptors (Lipinski definition) is 3. The van der Waals surface area contributed by atoms with Crippen LogP contribution in [-0.2, 0) is 4.79 Å². The zero-order valence-corrected chi connectivity index (χ0v) is 13.4. The van der Waals surface area contributed by atoms with E-state index in [4.69, 9.17) is 4.74 Å². The minimum atomic E-state index is 0.403. The average molecular weight is 313 g/mol. The fourth-order valence-corrected chi connectivity index (χ4v) is 3.84. The summed E-state index contributed by atoms with van der Waals surface area (Å²) in [5.41, 5.74) is 2.27. The molecule has 2 aromatic carbocycles. The first kappa shape index (κ1) is 15.0. The molecule has 3 rings (SSSR count). The topological polar surface area (TPSA) is 29.5 Å². The standard InChI is InChI=1S/C18H19NO2S/c1-2-19(13-20)16-8-4-6-10-18(16)22-12-14-11-21-17-9-5-3-7-15(14)17/h3-10,13-14H,2,11-12H2,1H3. The van der Waals surface area contributed by atoms with Gasteiger partial charge in [0.25, 0.3) is 0 Å². The van der Waals surface area contributed by atoms with E-state index in [1.165, 1.54) is 5.56 Å². The van der Waals surface area contributed by atoms with E-state index in [9.17, 15) is 4.79 Å². The third-order valence-corrected chi connectivity index (χ3v) is 5.11. The molecule has 3 nitrogen and oxygen atoms in total. The number of thioether (sulfide) groups is 1. The number of para-hydroxylation sites is 2. The van der Waals surface area contributed by atoms with Gasteiger partial charge in [-0.05, 0) is 25.1 Å². The normalized spacial score (nSPS) is 16.0. The molecular formula is C18H19NO2S. The Labute approximate surface area is 135 Å². The van der Waals surface area contributed by atoms with E-state index in [0.717, 1.165) is 35.1 Å². The summed E-state index contributed by atoms with van der Waals surface area (Å²) in [5.74, 6) is 2.36. The number of carbonyl (C=O) groups is 1. The van der Waals surface area contributed by atoms with Crippen LogP contribution in [0.3, 0.4) is 0 Å². The summed E-state index contributed by atoms with van der Waals surface area (Å²) in [6.45, 7) is 3.40. The highest BCUT2D eigenvalue weighted by molar-refractivity contribution is 7.99. The number of ether oxygens (including phenoxy) is 1. The van der Waals surface area contributed by atoms with Crippen molar-refractivity contribution < 1.29 is 9.53 Å². The summed E-state index contributed by atoms with van der Waals surface area (Å²) in [6, 6.07) is 16.3. The highest BCUT2D eigenvalue weighted by Crippen LogP contribution is 2.38. The molecule has 0 saturated heterocycles. The molecule has 0 radical (unpaired) electrons. The van der Waals surface area contributed by atoms with E-state index >= 15 is 0 Å². The zero-order chi connectivity index (χ0) is 15.4. The van der Waals surface area contributed by atoms with Crippen LogP contribution >= 0.6 is 11.8 Å². The number of rotatable bonds is 6. The van der Waals surface area contributed by atoms with Gasteiger partial charge in [0.15, 0.2) is 0 Å². The first-order valence-electron chi connectivity index (χ1n) is 7.49. The van der Waals surface area contributed by atoms with Crippen molar-refractivity contribution in [3.63, 3.8) is 0 Å². The van der Waals surface area contributed by atoms with Gasteiger partial charge >= 0.3 is 0 Å². The van der Waals surface area contributed by atoms with Gasteiger partial charge in [0.2, 0.25) is 6.41 Å². The zero-order valence-electron chi connectivity index (χ0n) is 12.6. The second kappa shape index (κ2) is 6.88. The molecular weight excluding hydrogens is 294 g/mol. The summed E-state index contributed by atoms with van der Waals surface area (Å²) in [4.78, 5) is 14.1. The third-order valence-electron chi connectivity index (χ3n) is 3.88. The van der Waals surface area contributed by atoms with E-state index in [1.807, 2.05) is 37.3 Å². The first-order chi connectivity index (χ1) is 10.8. The molecule has 0 aromatic heterocycles. The molecule has 0 spiro atoms. The van der Waals surface area contributed by atoms with E-state index in [-0.39, 0.29) is 0 Å². The number of hydrogen-bond donors (Lipinski definition) is 0. The van der Waals surface area contributed by atoms with Gasteiger partial charge in [-0.1, -0.05) is 30.3 Å². The Kier molecular flexibility index (Phi) is 4.68. The molecule has 1 heterocycles. The molecule has 1 unspecified atom stereocenters. The smallest absolute Gasteiger partial charge is 0.214 e. The van der Waals surface area contributed by atoms with Gasteiger partial charge < -0.3 is 9.64 Å². The van der Waals surface area contributed by atoms with Gasteiger partial charge in [0.05, 0.1) is 12.3 Å². The summed E-state index contributed by atoms with van der Waals surface area (Å²) < 4.78 is 5.74. The van der Waals surface area contributed by atoms with Crippen LogP contribution in [0.5, 0.6) is 5.75 Å². The minimum Gasteiger partial charge on any atom is -0.493 e. The molecule has 0 aliphatic carbocycles. The van der Waals surface area contributed by atoms with Crippen molar-refractivity contribution in [3.05, 3.63) is 54.1 Å². The monoisotopic (exact) mass is 313 g/mol. The van der Waals surface area contributed by atoms with Gasteiger partial charge in [-0.3, -0.25) is 4.79 Å². The van der Waals surface area contributed by atoms with Gasteiger partial charge in [0, 0.05) is 28.7 Å². The maximum absolute atomic E-state index is 11.2. The van der Waals surface area contributed by atoms with Gasteiger partial charge in [-0.15, -0.1) is 11.8 Å². The molecule has 0 saturated carbocycles. The highest BCUT2D eigenvalue weighted by atomic mass is 32.2. The third kappa shape index (κ3) is 2.97. The summed E-state index contributed by atoms with van der Waals surface area (Å²) in [6.07, 6.45) is 0.896. The molecule has 1 amide bonds. The number of nitrogens with zero attached hydrogens (tertiary/aromatic N) is 1. The Morgan fingerprint density at radius 2 is 2.00 bits per heavy atom. The predicted molar refractivity (Wildman–Crippen MR) is 90.9 cm³/mol.